The summed E-state index contributed by atoms with van der Waals surface area (Å²) in [7, 11) is 4.23. The second kappa shape index (κ2) is 30.6. The van der Waals surface area contributed by atoms with Gasteiger partial charge >= 0.3 is 5.97 Å². The molecule has 1 N–H and O–H groups in total. The number of fused-ring (bicyclic) bond motifs is 3. The molecule has 2 saturated heterocycles. The molecule has 2 bridgehead atoms. The maximum Gasteiger partial charge on any atom is 0.329 e. The Morgan fingerprint density at radius 3 is 2.15 bits per heavy atom. The quantitative estimate of drug-likeness (QED) is 0.106. The summed E-state index contributed by atoms with van der Waals surface area (Å²) in [5, 5.41) is 12.2. The molecule has 18 heteroatoms. The summed E-state index contributed by atoms with van der Waals surface area (Å²) in [6.07, 6.45) is 12.3. The summed E-state index contributed by atoms with van der Waals surface area (Å²) in [6.45, 7) is 12.8. The molecular formula is C57H91NO16S. The summed E-state index contributed by atoms with van der Waals surface area (Å²) in [6, 6.07) is -1.17. The number of hydrogen-bond acceptors (Lipinski definition) is 16. The zero-order chi connectivity index (χ0) is 55.6. The molecule has 15 atom stereocenters. The number of rotatable bonds is 14. The van der Waals surface area contributed by atoms with Gasteiger partial charge < -0.3 is 47.9 Å². The Labute approximate surface area is 447 Å². The van der Waals surface area contributed by atoms with Crippen molar-refractivity contribution < 1.29 is 75.4 Å². The molecule has 3 aliphatic heterocycles. The fourth-order valence-electron chi connectivity index (χ4n) is 11.2. The van der Waals surface area contributed by atoms with Gasteiger partial charge in [0.25, 0.3) is 11.7 Å². The Kier molecular flexibility index (Phi) is 26.2. The largest absolute Gasteiger partial charge is 0.460 e. The van der Waals surface area contributed by atoms with Crippen molar-refractivity contribution in [2.24, 2.45) is 35.5 Å². The van der Waals surface area contributed by atoms with Gasteiger partial charge in [0.1, 0.15) is 30.1 Å². The van der Waals surface area contributed by atoms with Gasteiger partial charge in [-0.1, -0.05) is 71.1 Å². The molecule has 17 nitrogen and oxygen atoms in total. The number of hydrogen-bond donors (Lipinski definition) is 1. The van der Waals surface area contributed by atoms with Crippen LogP contribution in [0.3, 0.4) is 0 Å². The zero-order valence-electron chi connectivity index (χ0n) is 47.0. The van der Waals surface area contributed by atoms with Gasteiger partial charge in [-0.15, -0.1) is 0 Å². The van der Waals surface area contributed by atoms with Crippen molar-refractivity contribution in [1.82, 2.24) is 4.90 Å². The number of ether oxygens (including phenoxy) is 8. The van der Waals surface area contributed by atoms with Crippen LogP contribution in [-0.2, 0) is 71.7 Å². The monoisotopic (exact) mass is 1080 g/mol. The number of aliphatic hydroxyl groups is 1. The summed E-state index contributed by atoms with van der Waals surface area (Å²) in [5.41, 5.74) is 1.35. The van der Waals surface area contributed by atoms with Gasteiger partial charge in [-0.2, -0.15) is 0 Å². The number of cyclic esters (lactones) is 1. The summed E-state index contributed by atoms with van der Waals surface area (Å²) >= 11 is 0. The highest BCUT2D eigenvalue weighted by molar-refractivity contribution is 7.91. The third-order valence-electron chi connectivity index (χ3n) is 16.0. The summed E-state index contributed by atoms with van der Waals surface area (Å²) in [5.74, 6) is -8.37. The van der Waals surface area contributed by atoms with Crippen LogP contribution in [0.15, 0.2) is 47.6 Å². The lowest BCUT2D eigenvalue weighted by Crippen LogP contribution is -2.61. The van der Waals surface area contributed by atoms with Crippen LogP contribution in [0, 0.1) is 35.5 Å². The van der Waals surface area contributed by atoms with E-state index in [2.05, 4.69) is 0 Å². The second-order valence-corrected chi connectivity index (χ2v) is 24.1. The van der Waals surface area contributed by atoms with E-state index in [-0.39, 0.29) is 92.1 Å². The molecule has 426 valence electrons. The number of ketones is 3. The number of sulfone groups is 1. The number of carbonyl (C=O) groups is 5. The van der Waals surface area contributed by atoms with Crippen molar-refractivity contribution in [2.75, 3.05) is 66.8 Å². The van der Waals surface area contributed by atoms with Crippen LogP contribution in [0.5, 0.6) is 0 Å². The molecule has 3 heterocycles. The molecule has 75 heavy (non-hydrogen) atoms. The maximum atomic E-state index is 14.6. The van der Waals surface area contributed by atoms with E-state index in [0.717, 1.165) is 24.8 Å². The molecule has 4 aliphatic rings. The molecule has 1 amide bonds. The first kappa shape index (κ1) is 64.1. The molecule has 3 fully saturated rings. The SMILES string of the molecule is COCCS(=O)(=O)CCO[C@@H]1C[C@@H]2CC[C@@H](C)[C@@](O)(O2)C(=O)C(=O)N2CCCC[C@H]2C(=O)O[C@H]([C@H](C)C[C@@H]2CC[C@@H](OC)[C@H](OC)C2)CC(=O)[C@H](C)/C=C(\C)[C@@H](OC)[C@@H](OC)C(=O)[C@H](C)C[C@H](C)/C=C/C=C/C=C/1C. The highest BCUT2D eigenvalue weighted by atomic mass is 32.2. The van der Waals surface area contributed by atoms with Gasteiger partial charge in [-0.05, 0) is 107 Å². The van der Waals surface area contributed by atoms with Gasteiger partial charge in [0, 0.05) is 72.7 Å². The number of carbonyl (C=O) groups excluding carboxylic acids is 5. The number of allylic oxidation sites excluding steroid dienone is 6. The van der Waals surface area contributed by atoms with Crippen LogP contribution >= 0.6 is 0 Å². The normalized spacial score (nSPS) is 36.8. The minimum Gasteiger partial charge on any atom is -0.460 e. The topological polar surface area (TPSA) is 217 Å². The van der Waals surface area contributed by atoms with Gasteiger partial charge in [-0.25, -0.2) is 13.2 Å². The van der Waals surface area contributed by atoms with Gasteiger partial charge in [-0.3, -0.25) is 19.2 Å². The van der Waals surface area contributed by atoms with Crippen molar-refractivity contribution in [3.63, 3.8) is 0 Å². The fraction of sp³-hybridized carbons (Fsp3) is 0.772. The Morgan fingerprint density at radius 1 is 0.787 bits per heavy atom. The van der Waals surface area contributed by atoms with E-state index in [1.807, 2.05) is 58.1 Å². The molecule has 0 spiro atoms. The standard InChI is InChI=1S/C57H91NO16S/c1-36-18-14-13-15-19-37(2)48(72-27-29-75(65,66)28-26-67-8)34-44-23-21-42(7)57(64,74-44)54(61)55(62)58-25-17-16-20-45(58)56(63)73-49(39(4)32-43-22-24-47(68-9)50(33-43)69-10)35-46(59)38(3)31-41(6)52(70-11)53(71-12)51(60)40(5)30-36/h13-15,18-19,31,36,38-40,42-45,47-50,52-53,64H,16-17,20-30,32-35H2,1-12H3/b15-13+,18-14+,37-19+,41-31+/t36-,38-,39-,40-,42-,43+,44+,45+,47-,48-,49+,50-,52-,53+,57-/m1/s1. The number of esters is 1. The molecule has 1 aliphatic carbocycles. The molecule has 1 saturated carbocycles. The molecule has 0 aromatic rings. The van der Waals surface area contributed by atoms with Crippen molar-refractivity contribution in [2.45, 2.75) is 180 Å². The van der Waals surface area contributed by atoms with Crippen LogP contribution in [0.25, 0.3) is 0 Å². The van der Waals surface area contributed by atoms with E-state index in [1.165, 1.54) is 26.2 Å². The number of amides is 1. The first-order valence-electron chi connectivity index (χ1n) is 27.2. The highest BCUT2D eigenvalue weighted by Gasteiger charge is 2.53. The Balaban J connectivity index is 1.74. The number of nitrogens with zero attached hydrogens (tertiary/aromatic N) is 1. The molecule has 0 unspecified atom stereocenters. The van der Waals surface area contributed by atoms with Crippen LogP contribution in [0.4, 0.5) is 0 Å². The predicted octanol–water partition coefficient (Wildman–Crippen LogP) is 6.92. The van der Waals surface area contributed by atoms with Gasteiger partial charge in [0.05, 0.1) is 49.1 Å². The average Bonchev–Trinajstić information content (AvgIpc) is 3.38. The van der Waals surface area contributed by atoms with E-state index < -0.39 is 87.6 Å². The Hall–Kier alpha value is -3.46. The lowest BCUT2D eigenvalue weighted by atomic mass is 9.78. The van der Waals surface area contributed by atoms with E-state index in [4.69, 9.17) is 37.9 Å². The molecule has 0 aromatic heterocycles. The van der Waals surface area contributed by atoms with Gasteiger partial charge in [0.15, 0.2) is 15.6 Å². The van der Waals surface area contributed by atoms with Crippen molar-refractivity contribution in [1.29, 1.82) is 0 Å². The average molecular weight is 1080 g/mol. The third kappa shape index (κ3) is 18.3. The second-order valence-electron chi connectivity index (χ2n) is 21.8. The lowest BCUT2D eigenvalue weighted by Gasteiger charge is -2.43. The number of Topliss-reactive ketones (excluding diaryl/α,β-unsaturated/α-hetero) is 3. The molecule has 0 aromatic carbocycles. The number of methoxy groups -OCH3 is 5. The van der Waals surface area contributed by atoms with E-state index in [1.54, 1.807) is 41.1 Å². The molecular weight excluding hydrogens is 987 g/mol. The Morgan fingerprint density at radius 2 is 1.48 bits per heavy atom. The summed E-state index contributed by atoms with van der Waals surface area (Å²) < 4.78 is 72.5. The maximum absolute atomic E-state index is 14.6. The van der Waals surface area contributed by atoms with E-state index >= 15 is 0 Å². The van der Waals surface area contributed by atoms with Crippen LogP contribution in [-0.4, -0.2) is 169 Å². The minimum atomic E-state index is -3.50. The Bertz CT molecular complexity index is 2120. The van der Waals surface area contributed by atoms with Crippen molar-refractivity contribution >= 4 is 39.1 Å². The fourth-order valence-corrected chi connectivity index (χ4v) is 12.2. The highest BCUT2D eigenvalue weighted by Crippen LogP contribution is 2.38. The zero-order valence-corrected chi connectivity index (χ0v) is 47.8. The molecule has 4 rings (SSSR count). The smallest absolute Gasteiger partial charge is 0.329 e. The van der Waals surface area contributed by atoms with Crippen LogP contribution < -0.4 is 0 Å². The van der Waals surface area contributed by atoms with E-state index in [0.29, 0.717) is 44.1 Å². The van der Waals surface area contributed by atoms with E-state index in [9.17, 15) is 37.5 Å². The first-order chi connectivity index (χ1) is 35.5. The molecule has 0 radical (unpaired) electrons. The van der Waals surface area contributed by atoms with Crippen molar-refractivity contribution in [3.8, 4) is 0 Å². The van der Waals surface area contributed by atoms with Gasteiger partial charge in [0.2, 0.25) is 5.79 Å². The third-order valence-corrected chi connectivity index (χ3v) is 17.6. The minimum absolute atomic E-state index is 0.00944. The van der Waals surface area contributed by atoms with Crippen LogP contribution in [0.2, 0.25) is 0 Å². The lowest BCUT2D eigenvalue weighted by molar-refractivity contribution is -0.266. The summed E-state index contributed by atoms with van der Waals surface area (Å²) in [4.78, 5) is 73.2. The number of piperidine rings is 1. The first-order valence-corrected chi connectivity index (χ1v) is 29.0. The van der Waals surface area contributed by atoms with Crippen molar-refractivity contribution in [3.05, 3.63) is 47.6 Å². The predicted molar refractivity (Wildman–Crippen MR) is 284 cm³/mol. The van der Waals surface area contributed by atoms with Crippen LogP contribution in [0.1, 0.15) is 126 Å².